The maximum absolute atomic E-state index is 12.0. The van der Waals surface area contributed by atoms with E-state index in [0.717, 1.165) is 22.1 Å². The summed E-state index contributed by atoms with van der Waals surface area (Å²) in [7, 11) is 1.65. The summed E-state index contributed by atoms with van der Waals surface area (Å²) in [5.74, 6) is 0.0958. The van der Waals surface area contributed by atoms with Crippen LogP contribution in [0.15, 0.2) is 12.1 Å². The number of halogens is 1. The quantitative estimate of drug-likeness (QED) is 0.897. The van der Waals surface area contributed by atoms with Crippen LogP contribution in [0.25, 0.3) is 0 Å². The van der Waals surface area contributed by atoms with Gasteiger partial charge in [0.1, 0.15) is 0 Å². The van der Waals surface area contributed by atoms with Crippen LogP contribution >= 0.6 is 22.9 Å². The second-order valence-corrected chi connectivity index (χ2v) is 6.54. The molecule has 110 valence electrons. The van der Waals surface area contributed by atoms with Crippen molar-refractivity contribution in [3.05, 3.63) is 21.3 Å². The molecular formula is C13H18ClN3O2S. The summed E-state index contributed by atoms with van der Waals surface area (Å²) in [5.41, 5.74) is 0. The van der Waals surface area contributed by atoms with Crippen LogP contribution in [0.1, 0.15) is 17.7 Å². The smallest absolute Gasteiger partial charge is 0.317 e. The van der Waals surface area contributed by atoms with Gasteiger partial charge in [0.05, 0.1) is 10.9 Å². The number of hydrogen-bond donors (Lipinski definition) is 2. The highest BCUT2D eigenvalue weighted by molar-refractivity contribution is 7.16. The molecule has 3 amide bonds. The SMILES string of the molecule is CNC(=O)C1CCN(C(=O)NCc2ccc(Cl)s2)CC1. The average Bonchev–Trinajstić information content (AvgIpc) is 2.89. The zero-order valence-corrected chi connectivity index (χ0v) is 12.9. The Balaban J connectivity index is 1.76. The van der Waals surface area contributed by atoms with Gasteiger partial charge in [-0.1, -0.05) is 11.6 Å². The highest BCUT2D eigenvalue weighted by Gasteiger charge is 2.26. The van der Waals surface area contributed by atoms with E-state index in [4.69, 9.17) is 11.6 Å². The summed E-state index contributed by atoms with van der Waals surface area (Å²) in [6.07, 6.45) is 1.44. The highest BCUT2D eigenvalue weighted by atomic mass is 35.5. The van der Waals surface area contributed by atoms with Crippen LogP contribution in [-0.4, -0.2) is 37.0 Å². The summed E-state index contributed by atoms with van der Waals surface area (Å²) < 4.78 is 0.723. The van der Waals surface area contributed by atoms with E-state index >= 15 is 0 Å². The van der Waals surface area contributed by atoms with Gasteiger partial charge in [0.25, 0.3) is 0 Å². The first-order valence-electron chi connectivity index (χ1n) is 6.58. The van der Waals surface area contributed by atoms with Gasteiger partial charge in [-0.3, -0.25) is 4.79 Å². The fraction of sp³-hybridized carbons (Fsp3) is 0.538. The van der Waals surface area contributed by atoms with E-state index in [2.05, 4.69) is 10.6 Å². The Morgan fingerprint density at radius 1 is 1.40 bits per heavy atom. The van der Waals surface area contributed by atoms with Crippen molar-refractivity contribution in [3.8, 4) is 0 Å². The lowest BCUT2D eigenvalue weighted by Crippen LogP contribution is -2.46. The first-order valence-corrected chi connectivity index (χ1v) is 7.78. The van der Waals surface area contributed by atoms with Gasteiger partial charge in [-0.2, -0.15) is 0 Å². The summed E-state index contributed by atoms with van der Waals surface area (Å²) in [6, 6.07) is 3.65. The molecule has 0 unspecified atom stereocenters. The molecule has 1 fully saturated rings. The van der Waals surface area contributed by atoms with Crippen LogP contribution in [0.4, 0.5) is 4.79 Å². The van der Waals surface area contributed by atoms with E-state index in [0.29, 0.717) is 19.6 Å². The maximum Gasteiger partial charge on any atom is 0.317 e. The second-order valence-electron chi connectivity index (χ2n) is 4.74. The Morgan fingerprint density at radius 3 is 2.65 bits per heavy atom. The van der Waals surface area contributed by atoms with Crippen LogP contribution in [0.3, 0.4) is 0 Å². The largest absolute Gasteiger partial charge is 0.359 e. The molecule has 0 bridgehead atoms. The zero-order valence-electron chi connectivity index (χ0n) is 11.3. The topological polar surface area (TPSA) is 61.4 Å². The van der Waals surface area contributed by atoms with Crippen LogP contribution in [0, 0.1) is 5.92 Å². The minimum absolute atomic E-state index is 0.0279. The zero-order chi connectivity index (χ0) is 14.5. The van der Waals surface area contributed by atoms with Crippen LogP contribution < -0.4 is 10.6 Å². The number of thiophene rings is 1. The molecule has 1 aromatic heterocycles. The van der Waals surface area contributed by atoms with Crippen LogP contribution in [-0.2, 0) is 11.3 Å². The molecule has 0 saturated carbocycles. The molecule has 0 aliphatic carbocycles. The van der Waals surface area contributed by atoms with Gasteiger partial charge < -0.3 is 15.5 Å². The molecule has 1 aromatic rings. The van der Waals surface area contributed by atoms with Gasteiger partial charge in [-0.25, -0.2) is 4.79 Å². The Kier molecular flexibility index (Phi) is 5.25. The number of carbonyl (C=O) groups excluding carboxylic acids is 2. The molecular weight excluding hydrogens is 298 g/mol. The van der Waals surface area contributed by atoms with Crippen molar-refractivity contribution < 1.29 is 9.59 Å². The monoisotopic (exact) mass is 315 g/mol. The van der Waals surface area contributed by atoms with Gasteiger partial charge in [-0.05, 0) is 25.0 Å². The lowest BCUT2D eigenvalue weighted by molar-refractivity contribution is -0.125. The van der Waals surface area contributed by atoms with E-state index in [1.807, 2.05) is 12.1 Å². The molecule has 2 heterocycles. The van der Waals surface area contributed by atoms with Gasteiger partial charge in [0.2, 0.25) is 5.91 Å². The molecule has 2 N–H and O–H groups in total. The first-order chi connectivity index (χ1) is 9.60. The molecule has 7 heteroatoms. The molecule has 1 aliphatic heterocycles. The molecule has 1 saturated heterocycles. The van der Waals surface area contributed by atoms with Crippen molar-refractivity contribution in [1.29, 1.82) is 0 Å². The van der Waals surface area contributed by atoms with Gasteiger partial charge in [0.15, 0.2) is 0 Å². The fourth-order valence-electron chi connectivity index (χ4n) is 2.27. The lowest BCUT2D eigenvalue weighted by Gasteiger charge is -2.31. The van der Waals surface area contributed by atoms with Crippen molar-refractivity contribution in [3.63, 3.8) is 0 Å². The molecule has 20 heavy (non-hydrogen) atoms. The second kappa shape index (κ2) is 6.95. The average molecular weight is 316 g/mol. The molecule has 0 spiro atoms. The van der Waals surface area contributed by atoms with Crippen LogP contribution in [0.5, 0.6) is 0 Å². The Labute approximate surface area is 127 Å². The molecule has 5 nitrogen and oxygen atoms in total. The van der Waals surface area contributed by atoms with Crippen molar-refractivity contribution in [1.82, 2.24) is 15.5 Å². The summed E-state index contributed by atoms with van der Waals surface area (Å²) in [5, 5.41) is 5.54. The minimum atomic E-state index is -0.0788. The molecule has 0 atom stereocenters. The minimum Gasteiger partial charge on any atom is -0.359 e. The Bertz CT molecular complexity index is 484. The molecule has 1 aliphatic rings. The van der Waals surface area contributed by atoms with E-state index < -0.39 is 0 Å². The number of carbonyl (C=O) groups is 2. The van der Waals surface area contributed by atoms with Gasteiger partial charge in [-0.15, -0.1) is 11.3 Å². The van der Waals surface area contributed by atoms with E-state index in [1.54, 1.807) is 11.9 Å². The van der Waals surface area contributed by atoms with Crippen molar-refractivity contribution in [2.75, 3.05) is 20.1 Å². The van der Waals surface area contributed by atoms with Crippen molar-refractivity contribution in [2.24, 2.45) is 5.92 Å². The normalized spacial score (nSPS) is 16.0. The number of piperidine rings is 1. The number of rotatable bonds is 3. The fourth-order valence-corrected chi connectivity index (χ4v) is 3.30. The summed E-state index contributed by atoms with van der Waals surface area (Å²) in [4.78, 5) is 26.3. The highest BCUT2D eigenvalue weighted by Crippen LogP contribution is 2.21. The van der Waals surface area contributed by atoms with Gasteiger partial charge in [0, 0.05) is 30.9 Å². The third kappa shape index (κ3) is 3.86. The van der Waals surface area contributed by atoms with E-state index in [9.17, 15) is 9.59 Å². The number of likely N-dealkylation sites (tertiary alicyclic amines) is 1. The number of nitrogens with zero attached hydrogens (tertiary/aromatic N) is 1. The van der Waals surface area contributed by atoms with Gasteiger partial charge >= 0.3 is 6.03 Å². The Morgan fingerprint density at radius 2 is 2.10 bits per heavy atom. The van der Waals surface area contributed by atoms with Crippen molar-refractivity contribution >= 4 is 34.9 Å². The lowest BCUT2D eigenvalue weighted by atomic mass is 9.96. The predicted octanol–water partition coefficient (Wildman–Crippen LogP) is 2.07. The van der Waals surface area contributed by atoms with Crippen molar-refractivity contribution in [2.45, 2.75) is 19.4 Å². The third-order valence-electron chi connectivity index (χ3n) is 3.44. The standard InChI is InChI=1S/C13H18ClN3O2S/c1-15-12(18)9-4-6-17(7-5-9)13(19)16-8-10-2-3-11(14)20-10/h2-3,9H,4-8H2,1H3,(H,15,18)(H,16,19). The first kappa shape index (κ1) is 15.1. The van der Waals surface area contributed by atoms with Crippen LogP contribution in [0.2, 0.25) is 4.34 Å². The Hall–Kier alpha value is -1.27. The maximum atomic E-state index is 12.0. The number of nitrogens with one attached hydrogen (secondary N) is 2. The number of hydrogen-bond acceptors (Lipinski definition) is 3. The number of urea groups is 1. The molecule has 2 rings (SSSR count). The number of amides is 3. The predicted molar refractivity (Wildman–Crippen MR) is 79.9 cm³/mol. The molecule has 0 radical (unpaired) electrons. The molecule has 0 aromatic carbocycles. The summed E-state index contributed by atoms with van der Waals surface area (Å²) in [6.45, 7) is 1.73. The summed E-state index contributed by atoms with van der Waals surface area (Å²) >= 11 is 7.30. The third-order valence-corrected chi connectivity index (χ3v) is 4.67. The van der Waals surface area contributed by atoms with E-state index in [-0.39, 0.29) is 17.9 Å². The van der Waals surface area contributed by atoms with E-state index in [1.165, 1.54) is 11.3 Å².